The molecule has 0 radical (unpaired) electrons. The van der Waals surface area contributed by atoms with E-state index in [0.717, 1.165) is 24.6 Å². The number of aromatic nitrogens is 1. The maximum absolute atomic E-state index is 12.1. The van der Waals surface area contributed by atoms with E-state index in [1.165, 1.54) is 6.21 Å². The maximum Gasteiger partial charge on any atom is 0.355 e. The Hall–Kier alpha value is -2.34. The van der Waals surface area contributed by atoms with Crippen LogP contribution in [0, 0.1) is 5.92 Å². The number of esters is 1. The zero-order valence-electron chi connectivity index (χ0n) is 13.3. The summed E-state index contributed by atoms with van der Waals surface area (Å²) in [6.07, 6.45) is 4.36. The van der Waals surface area contributed by atoms with Crippen LogP contribution in [-0.2, 0) is 9.53 Å². The van der Waals surface area contributed by atoms with Gasteiger partial charge in [0.2, 0.25) is 5.91 Å². The highest BCUT2D eigenvalue weighted by Gasteiger charge is 2.25. The summed E-state index contributed by atoms with van der Waals surface area (Å²) in [6.45, 7) is 2.01. The Kier molecular flexibility index (Phi) is 4.85. The lowest BCUT2D eigenvalue weighted by Gasteiger charge is -2.22. The molecule has 1 aliphatic carbocycles. The van der Waals surface area contributed by atoms with Crippen molar-refractivity contribution in [1.29, 1.82) is 0 Å². The number of halogens is 1. The van der Waals surface area contributed by atoms with E-state index in [9.17, 15) is 9.59 Å². The lowest BCUT2D eigenvalue weighted by molar-refractivity contribution is -0.127. The van der Waals surface area contributed by atoms with Crippen LogP contribution in [-0.4, -0.2) is 29.7 Å². The first-order chi connectivity index (χ1) is 11.6. The van der Waals surface area contributed by atoms with Crippen molar-refractivity contribution in [3.05, 3.63) is 34.5 Å². The molecule has 6 nitrogen and oxygen atoms in total. The molecule has 24 heavy (non-hydrogen) atoms. The molecule has 3 rings (SSSR count). The first kappa shape index (κ1) is 16.5. The molecule has 2 N–H and O–H groups in total. The Morgan fingerprint density at radius 2 is 2.25 bits per heavy atom. The van der Waals surface area contributed by atoms with Gasteiger partial charge in [-0.15, -0.1) is 0 Å². The van der Waals surface area contributed by atoms with Crippen molar-refractivity contribution in [2.24, 2.45) is 11.0 Å². The monoisotopic (exact) mass is 347 g/mol. The van der Waals surface area contributed by atoms with E-state index in [1.54, 1.807) is 25.1 Å². The number of amides is 1. The highest BCUT2D eigenvalue weighted by atomic mass is 35.5. The van der Waals surface area contributed by atoms with Crippen molar-refractivity contribution in [3.63, 3.8) is 0 Å². The molecule has 0 spiro atoms. The fourth-order valence-corrected chi connectivity index (χ4v) is 2.78. The van der Waals surface area contributed by atoms with E-state index in [-0.39, 0.29) is 24.1 Å². The Balaban J connectivity index is 1.89. The van der Waals surface area contributed by atoms with Gasteiger partial charge in [-0.05, 0) is 31.9 Å². The van der Waals surface area contributed by atoms with E-state index in [0.29, 0.717) is 16.1 Å². The number of hydrazone groups is 1. The van der Waals surface area contributed by atoms with Crippen molar-refractivity contribution >= 4 is 40.6 Å². The number of hydrogen-bond donors (Lipinski definition) is 2. The van der Waals surface area contributed by atoms with Gasteiger partial charge in [0.05, 0.1) is 12.8 Å². The maximum atomic E-state index is 12.1. The summed E-state index contributed by atoms with van der Waals surface area (Å²) in [5.41, 5.74) is 4.09. The molecule has 1 heterocycles. The second-order valence-corrected chi connectivity index (χ2v) is 6.12. The normalized spacial score (nSPS) is 14.8. The number of nitrogens with zero attached hydrogens (tertiary/aromatic N) is 1. The minimum atomic E-state index is -0.475. The van der Waals surface area contributed by atoms with Gasteiger partial charge >= 0.3 is 5.97 Å². The smallest absolute Gasteiger partial charge is 0.355 e. The van der Waals surface area contributed by atoms with Crippen LogP contribution in [0.25, 0.3) is 10.9 Å². The Labute approximate surface area is 144 Å². The Morgan fingerprint density at radius 1 is 1.46 bits per heavy atom. The van der Waals surface area contributed by atoms with Crippen LogP contribution in [0.5, 0.6) is 0 Å². The molecule has 7 heteroatoms. The molecule has 0 atom stereocenters. The van der Waals surface area contributed by atoms with Gasteiger partial charge in [-0.2, -0.15) is 5.10 Å². The number of rotatable bonds is 5. The summed E-state index contributed by atoms with van der Waals surface area (Å²) in [5, 5.41) is 5.35. The van der Waals surface area contributed by atoms with E-state index in [4.69, 9.17) is 16.3 Å². The molecule has 0 unspecified atom stereocenters. The lowest BCUT2D eigenvalue weighted by atomic mass is 9.85. The number of nitrogens with one attached hydrogen (secondary N) is 2. The van der Waals surface area contributed by atoms with Gasteiger partial charge < -0.3 is 9.72 Å². The van der Waals surface area contributed by atoms with Crippen LogP contribution in [0.4, 0.5) is 0 Å². The van der Waals surface area contributed by atoms with Crippen LogP contribution in [0.15, 0.2) is 23.3 Å². The zero-order valence-corrected chi connectivity index (χ0v) is 14.0. The van der Waals surface area contributed by atoms with Crippen molar-refractivity contribution < 1.29 is 14.3 Å². The fraction of sp³-hybridized carbons (Fsp3) is 0.353. The summed E-state index contributed by atoms with van der Waals surface area (Å²) in [5.74, 6) is -0.511. The van der Waals surface area contributed by atoms with Gasteiger partial charge in [0.15, 0.2) is 0 Å². The molecular weight excluding hydrogens is 330 g/mol. The minimum Gasteiger partial charge on any atom is -0.461 e. The molecule has 1 aliphatic rings. The van der Waals surface area contributed by atoms with Gasteiger partial charge in [0.1, 0.15) is 5.69 Å². The number of hydrogen-bond acceptors (Lipinski definition) is 4. The number of H-pyrrole nitrogens is 1. The summed E-state index contributed by atoms with van der Waals surface area (Å²) in [7, 11) is 0. The average Bonchev–Trinajstić information content (AvgIpc) is 2.83. The zero-order chi connectivity index (χ0) is 17.1. The summed E-state index contributed by atoms with van der Waals surface area (Å²) in [6, 6.07) is 5.26. The standard InChI is InChI=1S/C17H18ClN3O3/c1-2-24-17(23)15-13(9-19-21-16(22)10-4-3-5-10)12-7-6-11(18)8-14(12)20-15/h6-10,20H,2-5H2,1H3,(H,21,22)/b19-9+. The van der Waals surface area contributed by atoms with Crippen molar-refractivity contribution in [2.45, 2.75) is 26.2 Å². The summed E-state index contributed by atoms with van der Waals surface area (Å²) >= 11 is 6.00. The van der Waals surface area contributed by atoms with E-state index < -0.39 is 5.97 Å². The molecule has 0 aliphatic heterocycles. The summed E-state index contributed by atoms with van der Waals surface area (Å²) in [4.78, 5) is 27.0. The Bertz CT molecular complexity index is 809. The van der Waals surface area contributed by atoms with E-state index >= 15 is 0 Å². The molecule has 1 aromatic heterocycles. The van der Waals surface area contributed by atoms with Gasteiger partial charge in [-0.1, -0.05) is 24.1 Å². The molecule has 2 aromatic rings. The molecule has 126 valence electrons. The average molecular weight is 348 g/mol. The van der Waals surface area contributed by atoms with Gasteiger partial charge in [0, 0.05) is 27.4 Å². The third-order valence-corrected chi connectivity index (χ3v) is 4.36. The molecule has 1 aromatic carbocycles. The number of benzene rings is 1. The van der Waals surface area contributed by atoms with E-state index in [1.807, 2.05) is 0 Å². The minimum absolute atomic E-state index is 0.0495. The molecule has 1 fully saturated rings. The van der Waals surface area contributed by atoms with Gasteiger partial charge in [-0.3, -0.25) is 4.79 Å². The van der Waals surface area contributed by atoms with Crippen molar-refractivity contribution in [2.75, 3.05) is 6.61 Å². The lowest BCUT2D eigenvalue weighted by Crippen LogP contribution is -2.31. The molecule has 1 amide bonds. The Morgan fingerprint density at radius 3 is 2.92 bits per heavy atom. The van der Waals surface area contributed by atoms with Crippen LogP contribution in [0.1, 0.15) is 42.2 Å². The predicted octanol–water partition coefficient (Wildman–Crippen LogP) is 3.25. The van der Waals surface area contributed by atoms with Crippen LogP contribution < -0.4 is 5.43 Å². The van der Waals surface area contributed by atoms with Crippen LogP contribution in [0.2, 0.25) is 5.02 Å². The fourth-order valence-electron chi connectivity index (χ4n) is 2.61. The molecule has 0 bridgehead atoms. The number of carbonyl (C=O) groups is 2. The molecular formula is C17H18ClN3O3. The van der Waals surface area contributed by atoms with Crippen LogP contribution in [0.3, 0.4) is 0 Å². The number of fused-ring (bicyclic) bond motifs is 1. The molecule has 1 saturated carbocycles. The first-order valence-corrected chi connectivity index (χ1v) is 8.29. The summed E-state index contributed by atoms with van der Waals surface area (Å²) < 4.78 is 5.07. The number of carbonyl (C=O) groups excluding carboxylic acids is 2. The second kappa shape index (κ2) is 7.05. The van der Waals surface area contributed by atoms with Gasteiger partial charge in [-0.25, -0.2) is 10.2 Å². The first-order valence-electron chi connectivity index (χ1n) is 7.91. The SMILES string of the molecule is CCOC(=O)c1[nH]c2cc(Cl)ccc2c1/C=N/NC(=O)C1CCC1. The third-order valence-electron chi connectivity index (χ3n) is 4.12. The number of aromatic amines is 1. The highest BCUT2D eigenvalue weighted by Crippen LogP contribution is 2.26. The predicted molar refractivity (Wildman–Crippen MR) is 92.3 cm³/mol. The second-order valence-electron chi connectivity index (χ2n) is 5.69. The number of ether oxygens (including phenoxy) is 1. The van der Waals surface area contributed by atoms with E-state index in [2.05, 4.69) is 15.5 Å². The van der Waals surface area contributed by atoms with Crippen molar-refractivity contribution in [3.8, 4) is 0 Å². The van der Waals surface area contributed by atoms with Crippen molar-refractivity contribution in [1.82, 2.24) is 10.4 Å². The largest absolute Gasteiger partial charge is 0.461 e. The highest BCUT2D eigenvalue weighted by molar-refractivity contribution is 6.31. The molecule has 0 saturated heterocycles. The third kappa shape index (κ3) is 3.28. The van der Waals surface area contributed by atoms with Crippen LogP contribution >= 0.6 is 11.6 Å². The van der Waals surface area contributed by atoms with Gasteiger partial charge in [0.25, 0.3) is 0 Å². The quantitative estimate of drug-likeness (QED) is 0.494. The topological polar surface area (TPSA) is 83.6 Å².